The molecule has 1 aromatic heterocycles. The topological polar surface area (TPSA) is 50.3 Å². The molecule has 0 aliphatic carbocycles. The van der Waals surface area contributed by atoms with Crippen LogP contribution in [0.4, 0.5) is 20.3 Å². The van der Waals surface area contributed by atoms with Crippen LogP contribution in [0.2, 0.25) is 5.15 Å². The van der Waals surface area contributed by atoms with Gasteiger partial charge in [-0.15, -0.1) is 0 Å². The first kappa shape index (κ1) is 17.7. The number of ether oxygens (including phenoxy) is 1. The largest absolute Gasteiger partial charge is 0.435 e. The molecule has 0 saturated carbocycles. The maximum Gasteiger partial charge on any atom is 0.387 e. The summed E-state index contributed by atoms with van der Waals surface area (Å²) in [6.45, 7) is 0.692. The van der Waals surface area contributed by atoms with Crippen LogP contribution in [0.5, 0.6) is 5.75 Å². The van der Waals surface area contributed by atoms with E-state index < -0.39 is 6.61 Å². The molecule has 134 valence electrons. The molecule has 1 saturated heterocycles. The number of hydrogen-bond donors (Lipinski definition) is 1. The molecule has 1 N–H and O–H groups in total. The average Bonchev–Trinajstić information content (AvgIpc) is 2.54. The van der Waals surface area contributed by atoms with Crippen LogP contribution in [0.15, 0.2) is 30.3 Å². The van der Waals surface area contributed by atoms with Gasteiger partial charge in [0.2, 0.25) is 0 Å². The van der Waals surface area contributed by atoms with Crippen molar-refractivity contribution in [1.29, 1.82) is 0 Å². The van der Waals surface area contributed by atoms with E-state index in [1.165, 1.54) is 0 Å². The fraction of sp³-hybridized carbons (Fsp3) is 0.412. The molecule has 1 aromatic carbocycles. The van der Waals surface area contributed by atoms with Crippen molar-refractivity contribution in [2.75, 3.05) is 23.3 Å². The fourth-order valence-corrected chi connectivity index (χ4v) is 3.21. The lowest BCUT2D eigenvalue weighted by molar-refractivity contribution is -0.0498. The lowest BCUT2D eigenvalue weighted by atomic mass is 10.0. The van der Waals surface area contributed by atoms with E-state index in [4.69, 9.17) is 11.6 Å². The Morgan fingerprint density at radius 2 is 2.04 bits per heavy atom. The zero-order chi connectivity index (χ0) is 17.8. The Labute approximate surface area is 150 Å². The van der Waals surface area contributed by atoms with Crippen LogP contribution in [0, 0.1) is 6.92 Å². The van der Waals surface area contributed by atoms with E-state index in [-0.39, 0.29) is 11.8 Å². The maximum atomic E-state index is 12.2. The minimum atomic E-state index is -2.81. The quantitative estimate of drug-likeness (QED) is 0.804. The third-order valence-electron chi connectivity index (χ3n) is 4.01. The number of nitrogens with zero attached hydrogens (tertiary/aromatic N) is 3. The molecule has 1 unspecified atom stereocenters. The first-order valence-corrected chi connectivity index (χ1v) is 8.45. The molecule has 2 heterocycles. The monoisotopic (exact) mass is 368 g/mol. The van der Waals surface area contributed by atoms with Gasteiger partial charge in [-0.25, -0.2) is 9.97 Å². The van der Waals surface area contributed by atoms with E-state index in [2.05, 4.69) is 24.9 Å². The lowest BCUT2D eigenvalue weighted by Crippen LogP contribution is -2.42. The SMILES string of the molecule is Cc1nc(Cl)cc(NC2CCCN(c3ccc(OC(F)F)cc3)C2)n1. The van der Waals surface area contributed by atoms with Crippen LogP contribution in [-0.4, -0.2) is 35.7 Å². The van der Waals surface area contributed by atoms with Gasteiger partial charge in [0, 0.05) is 30.9 Å². The van der Waals surface area contributed by atoms with Crippen LogP contribution in [-0.2, 0) is 0 Å². The predicted molar refractivity (Wildman–Crippen MR) is 93.7 cm³/mol. The summed E-state index contributed by atoms with van der Waals surface area (Å²) in [5.41, 5.74) is 0.977. The molecule has 0 spiro atoms. The van der Waals surface area contributed by atoms with E-state index in [0.29, 0.717) is 16.8 Å². The molecule has 0 amide bonds. The number of hydrogen-bond acceptors (Lipinski definition) is 5. The summed E-state index contributed by atoms with van der Waals surface area (Å²) in [6, 6.07) is 8.65. The molecule has 8 heteroatoms. The molecule has 0 radical (unpaired) electrons. The molecule has 25 heavy (non-hydrogen) atoms. The Morgan fingerprint density at radius 1 is 1.28 bits per heavy atom. The van der Waals surface area contributed by atoms with Gasteiger partial charge in [0.1, 0.15) is 22.5 Å². The Kier molecular flexibility index (Phi) is 5.53. The Morgan fingerprint density at radius 3 is 2.72 bits per heavy atom. The van der Waals surface area contributed by atoms with Gasteiger partial charge in [0.05, 0.1) is 0 Å². The molecule has 5 nitrogen and oxygen atoms in total. The van der Waals surface area contributed by atoms with Crippen LogP contribution >= 0.6 is 11.6 Å². The minimum Gasteiger partial charge on any atom is -0.435 e. The third kappa shape index (κ3) is 4.92. The Hall–Kier alpha value is -2.15. The summed E-state index contributed by atoms with van der Waals surface area (Å²) in [6.07, 6.45) is 2.04. The first-order chi connectivity index (χ1) is 12.0. The number of alkyl halides is 2. The maximum absolute atomic E-state index is 12.2. The van der Waals surface area contributed by atoms with E-state index in [0.717, 1.165) is 31.6 Å². The molecule has 1 atom stereocenters. The highest BCUT2D eigenvalue weighted by atomic mass is 35.5. The van der Waals surface area contributed by atoms with Crippen molar-refractivity contribution in [3.05, 3.63) is 41.3 Å². The minimum absolute atomic E-state index is 0.163. The first-order valence-electron chi connectivity index (χ1n) is 8.07. The average molecular weight is 369 g/mol. The summed E-state index contributed by atoms with van der Waals surface area (Å²) >= 11 is 5.98. The van der Waals surface area contributed by atoms with Gasteiger partial charge in [-0.05, 0) is 44.0 Å². The second kappa shape index (κ2) is 7.82. The number of aryl methyl sites for hydroxylation is 1. The number of aromatic nitrogens is 2. The Balaban J connectivity index is 1.64. The molecule has 1 aliphatic rings. The normalized spacial score (nSPS) is 17.6. The van der Waals surface area contributed by atoms with Crippen molar-refractivity contribution in [1.82, 2.24) is 9.97 Å². The summed E-state index contributed by atoms with van der Waals surface area (Å²) in [5, 5.41) is 3.81. The van der Waals surface area contributed by atoms with Gasteiger partial charge in [-0.1, -0.05) is 11.6 Å². The molecule has 0 bridgehead atoms. The molecule has 3 rings (SSSR count). The number of benzene rings is 1. The standard InChI is InChI=1S/C17H19ClF2N4O/c1-11-21-15(18)9-16(22-11)23-12-3-2-8-24(10-12)13-4-6-14(7-5-13)25-17(19)20/h4-7,9,12,17H,2-3,8,10H2,1H3,(H,21,22,23). The van der Waals surface area contributed by atoms with Gasteiger partial charge in [-0.2, -0.15) is 8.78 Å². The van der Waals surface area contributed by atoms with Crippen molar-refractivity contribution >= 4 is 23.1 Å². The second-order valence-electron chi connectivity index (χ2n) is 5.93. The highest BCUT2D eigenvalue weighted by Gasteiger charge is 2.21. The predicted octanol–water partition coefficient (Wildman–Crippen LogP) is 4.12. The van der Waals surface area contributed by atoms with E-state index in [1.807, 2.05) is 0 Å². The second-order valence-corrected chi connectivity index (χ2v) is 6.31. The molecular formula is C17H19ClF2N4O. The van der Waals surface area contributed by atoms with Crippen molar-refractivity contribution in [2.45, 2.75) is 32.4 Å². The highest BCUT2D eigenvalue weighted by Crippen LogP contribution is 2.25. The van der Waals surface area contributed by atoms with Crippen molar-refractivity contribution in [3.8, 4) is 5.75 Å². The van der Waals surface area contributed by atoms with Gasteiger partial charge in [-0.3, -0.25) is 0 Å². The number of piperidine rings is 1. The summed E-state index contributed by atoms with van der Waals surface area (Å²) in [4.78, 5) is 10.6. The lowest BCUT2D eigenvalue weighted by Gasteiger charge is -2.35. The Bertz CT molecular complexity index is 694. The molecule has 1 aliphatic heterocycles. The van der Waals surface area contributed by atoms with E-state index >= 15 is 0 Å². The molecule has 2 aromatic rings. The van der Waals surface area contributed by atoms with Gasteiger partial charge >= 0.3 is 6.61 Å². The van der Waals surface area contributed by atoms with Crippen LogP contribution in [0.1, 0.15) is 18.7 Å². The van der Waals surface area contributed by atoms with Crippen LogP contribution in [0.25, 0.3) is 0 Å². The van der Waals surface area contributed by atoms with E-state index in [1.54, 1.807) is 37.3 Å². The highest BCUT2D eigenvalue weighted by molar-refractivity contribution is 6.29. The fourth-order valence-electron chi connectivity index (χ4n) is 2.98. The summed E-state index contributed by atoms with van der Waals surface area (Å²) < 4.78 is 28.8. The molecular weight excluding hydrogens is 350 g/mol. The summed E-state index contributed by atoms with van der Waals surface area (Å²) in [7, 11) is 0. The van der Waals surface area contributed by atoms with Crippen LogP contribution < -0.4 is 15.0 Å². The van der Waals surface area contributed by atoms with Crippen molar-refractivity contribution in [2.24, 2.45) is 0 Å². The zero-order valence-corrected chi connectivity index (χ0v) is 14.5. The number of anilines is 2. The van der Waals surface area contributed by atoms with Crippen molar-refractivity contribution in [3.63, 3.8) is 0 Å². The summed E-state index contributed by atoms with van der Waals surface area (Å²) in [5.74, 6) is 1.50. The van der Waals surface area contributed by atoms with Gasteiger partial charge < -0.3 is 15.0 Å². The van der Waals surface area contributed by atoms with E-state index in [9.17, 15) is 8.78 Å². The van der Waals surface area contributed by atoms with Crippen LogP contribution in [0.3, 0.4) is 0 Å². The number of rotatable bonds is 5. The smallest absolute Gasteiger partial charge is 0.387 e. The number of nitrogens with one attached hydrogen (secondary N) is 1. The van der Waals surface area contributed by atoms with Gasteiger partial charge in [0.15, 0.2) is 0 Å². The molecule has 1 fully saturated rings. The van der Waals surface area contributed by atoms with Crippen molar-refractivity contribution < 1.29 is 13.5 Å². The number of halogens is 3. The van der Waals surface area contributed by atoms with Gasteiger partial charge in [0.25, 0.3) is 0 Å². The zero-order valence-electron chi connectivity index (χ0n) is 13.8. The third-order valence-corrected chi connectivity index (χ3v) is 4.20.